The second kappa shape index (κ2) is 7.14. The molecule has 20 heavy (non-hydrogen) atoms. The van der Waals surface area contributed by atoms with Crippen molar-refractivity contribution in [3.63, 3.8) is 0 Å². The number of imidazole rings is 1. The zero-order valence-corrected chi connectivity index (χ0v) is 12.6. The Morgan fingerprint density at radius 2 is 2.10 bits per heavy atom. The SMILES string of the molecule is CC(C)NC(=O)CSc1nccn1Cc1ccccc1. The maximum Gasteiger partial charge on any atom is 0.230 e. The molecular formula is C15H19N3OS. The Hall–Kier alpha value is -1.75. The maximum absolute atomic E-state index is 11.6. The number of benzene rings is 1. The molecule has 1 heterocycles. The summed E-state index contributed by atoms with van der Waals surface area (Å²) >= 11 is 1.46. The van der Waals surface area contributed by atoms with E-state index in [1.165, 1.54) is 17.3 Å². The predicted molar refractivity (Wildman–Crippen MR) is 81.8 cm³/mol. The van der Waals surface area contributed by atoms with Crippen molar-refractivity contribution in [1.82, 2.24) is 14.9 Å². The second-order valence-corrected chi connectivity index (χ2v) is 5.78. The summed E-state index contributed by atoms with van der Waals surface area (Å²) in [6.45, 7) is 4.69. The summed E-state index contributed by atoms with van der Waals surface area (Å²) in [5, 5.41) is 3.75. The molecule has 0 aliphatic rings. The average Bonchev–Trinajstić information content (AvgIpc) is 2.84. The lowest BCUT2D eigenvalue weighted by molar-refractivity contribution is -0.119. The highest BCUT2D eigenvalue weighted by atomic mass is 32.2. The van der Waals surface area contributed by atoms with Gasteiger partial charge in [-0.1, -0.05) is 42.1 Å². The molecule has 0 saturated carbocycles. The molecule has 0 aliphatic heterocycles. The van der Waals surface area contributed by atoms with Gasteiger partial charge in [0.05, 0.1) is 5.75 Å². The zero-order valence-electron chi connectivity index (χ0n) is 11.7. The number of carbonyl (C=O) groups excluding carboxylic acids is 1. The third-order valence-electron chi connectivity index (χ3n) is 2.66. The van der Waals surface area contributed by atoms with Gasteiger partial charge in [0.25, 0.3) is 0 Å². The first-order valence-electron chi connectivity index (χ1n) is 6.62. The van der Waals surface area contributed by atoms with E-state index in [2.05, 4.69) is 27.0 Å². The van der Waals surface area contributed by atoms with Crippen LogP contribution in [0.3, 0.4) is 0 Å². The lowest BCUT2D eigenvalue weighted by atomic mass is 10.2. The molecule has 4 nitrogen and oxygen atoms in total. The molecule has 1 N–H and O–H groups in total. The largest absolute Gasteiger partial charge is 0.353 e. The van der Waals surface area contributed by atoms with Gasteiger partial charge in [0.1, 0.15) is 0 Å². The van der Waals surface area contributed by atoms with Gasteiger partial charge in [0, 0.05) is 25.0 Å². The van der Waals surface area contributed by atoms with Gasteiger partial charge < -0.3 is 9.88 Å². The van der Waals surface area contributed by atoms with E-state index in [1.807, 2.05) is 38.2 Å². The topological polar surface area (TPSA) is 46.9 Å². The monoisotopic (exact) mass is 289 g/mol. The smallest absolute Gasteiger partial charge is 0.230 e. The van der Waals surface area contributed by atoms with Crippen LogP contribution < -0.4 is 5.32 Å². The van der Waals surface area contributed by atoms with E-state index in [9.17, 15) is 4.79 Å². The van der Waals surface area contributed by atoms with Crippen LogP contribution in [-0.4, -0.2) is 27.3 Å². The van der Waals surface area contributed by atoms with Crippen LogP contribution in [-0.2, 0) is 11.3 Å². The van der Waals surface area contributed by atoms with E-state index in [0.717, 1.165) is 11.7 Å². The van der Waals surface area contributed by atoms with E-state index >= 15 is 0 Å². The highest BCUT2D eigenvalue weighted by Gasteiger charge is 2.08. The fraction of sp³-hybridized carbons (Fsp3) is 0.333. The molecule has 1 aromatic heterocycles. The van der Waals surface area contributed by atoms with Crippen molar-refractivity contribution in [1.29, 1.82) is 0 Å². The van der Waals surface area contributed by atoms with Crippen molar-refractivity contribution in [3.8, 4) is 0 Å². The van der Waals surface area contributed by atoms with E-state index in [1.54, 1.807) is 6.20 Å². The Morgan fingerprint density at radius 3 is 2.80 bits per heavy atom. The summed E-state index contributed by atoms with van der Waals surface area (Å²) in [5.74, 6) is 0.434. The van der Waals surface area contributed by atoms with E-state index in [0.29, 0.717) is 5.75 Å². The lowest BCUT2D eigenvalue weighted by Gasteiger charge is -2.09. The van der Waals surface area contributed by atoms with Crippen molar-refractivity contribution < 1.29 is 4.79 Å². The fourth-order valence-electron chi connectivity index (χ4n) is 1.83. The van der Waals surface area contributed by atoms with Crippen LogP contribution in [0, 0.1) is 0 Å². The molecule has 0 aliphatic carbocycles. The van der Waals surface area contributed by atoms with Crippen LogP contribution in [0.2, 0.25) is 0 Å². The van der Waals surface area contributed by atoms with Gasteiger partial charge in [0.15, 0.2) is 5.16 Å². The molecular weight excluding hydrogens is 270 g/mol. The Kier molecular flexibility index (Phi) is 5.24. The Morgan fingerprint density at radius 1 is 1.35 bits per heavy atom. The Labute approximate surface area is 123 Å². The summed E-state index contributed by atoms with van der Waals surface area (Å²) in [7, 11) is 0. The standard InChI is InChI=1S/C15H19N3OS/c1-12(2)17-14(19)11-20-15-16-8-9-18(15)10-13-6-4-3-5-7-13/h3-9,12H,10-11H2,1-2H3,(H,17,19). The molecule has 0 fully saturated rings. The Balaban J connectivity index is 1.94. The first kappa shape index (κ1) is 14.7. The summed E-state index contributed by atoms with van der Waals surface area (Å²) in [5.41, 5.74) is 1.22. The van der Waals surface area contributed by atoms with Crippen LogP contribution in [0.15, 0.2) is 47.9 Å². The normalized spacial score (nSPS) is 10.8. The molecule has 0 bridgehead atoms. The van der Waals surface area contributed by atoms with Gasteiger partial charge in [-0.2, -0.15) is 0 Å². The van der Waals surface area contributed by atoms with Crippen molar-refractivity contribution in [3.05, 3.63) is 48.3 Å². The van der Waals surface area contributed by atoms with Crippen molar-refractivity contribution >= 4 is 17.7 Å². The molecule has 2 rings (SSSR count). The third-order valence-corrected chi connectivity index (χ3v) is 3.66. The minimum Gasteiger partial charge on any atom is -0.353 e. The first-order chi connectivity index (χ1) is 9.65. The number of thioether (sulfide) groups is 1. The van der Waals surface area contributed by atoms with Gasteiger partial charge >= 0.3 is 0 Å². The number of nitrogens with one attached hydrogen (secondary N) is 1. The molecule has 0 spiro atoms. The van der Waals surface area contributed by atoms with E-state index in [4.69, 9.17) is 0 Å². The van der Waals surface area contributed by atoms with Gasteiger partial charge in [-0.25, -0.2) is 4.98 Å². The summed E-state index contributed by atoms with van der Waals surface area (Å²) in [6, 6.07) is 10.4. The number of nitrogens with zero attached hydrogens (tertiary/aromatic N) is 2. The quantitative estimate of drug-likeness (QED) is 0.831. The summed E-state index contributed by atoms with van der Waals surface area (Å²) in [4.78, 5) is 16.0. The predicted octanol–water partition coefficient (Wildman–Crippen LogP) is 2.55. The average molecular weight is 289 g/mol. The van der Waals surface area contributed by atoms with E-state index < -0.39 is 0 Å². The maximum atomic E-state index is 11.6. The number of rotatable bonds is 6. The minimum absolute atomic E-state index is 0.0410. The van der Waals surface area contributed by atoms with Crippen LogP contribution in [0.25, 0.3) is 0 Å². The molecule has 1 aromatic carbocycles. The summed E-state index contributed by atoms with van der Waals surface area (Å²) < 4.78 is 2.06. The molecule has 0 radical (unpaired) electrons. The molecule has 0 atom stereocenters. The van der Waals surface area contributed by atoms with E-state index in [-0.39, 0.29) is 11.9 Å². The number of carbonyl (C=O) groups is 1. The first-order valence-corrected chi connectivity index (χ1v) is 7.61. The second-order valence-electron chi connectivity index (χ2n) is 4.83. The van der Waals surface area contributed by atoms with Crippen LogP contribution in [0.5, 0.6) is 0 Å². The number of hydrogen-bond donors (Lipinski definition) is 1. The Bertz CT molecular complexity index is 551. The molecule has 0 saturated heterocycles. The highest BCUT2D eigenvalue weighted by molar-refractivity contribution is 7.99. The number of aromatic nitrogens is 2. The van der Waals surface area contributed by atoms with Crippen molar-refractivity contribution in [2.45, 2.75) is 31.6 Å². The van der Waals surface area contributed by atoms with Crippen LogP contribution in [0.4, 0.5) is 0 Å². The van der Waals surface area contributed by atoms with Gasteiger partial charge in [-0.05, 0) is 19.4 Å². The van der Waals surface area contributed by atoms with Crippen LogP contribution >= 0.6 is 11.8 Å². The van der Waals surface area contributed by atoms with Crippen molar-refractivity contribution in [2.24, 2.45) is 0 Å². The highest BCUT2D eigenvalue weighted by Crippen LogP contribution is 2.17. The van der Waals surface area contributed by atoms with Gasteiger partial charge in [0.2, 0.25) is 5.91 Å². The zero-order chi connectivity index (χ0) is 14.4. The van der Waals surface area contributed by atoms with Crippen molar-refractivity contribution in [2.75, 3.05) is 5.75 Å². The van der Waals surface area contributed by atoms with Gasteiger partial charge in [-0.15, -0.1) is 0 Å². The van der Waals surface area contributed by atoms with Crippen LogP contribution in [0.1, 0.15) is 19.4 Å². The number of hydrogen-bond acceptors (Lipinski definition) is 3. The molecule has 0 unspecified atom stereocenters. The van der Waals surface area contributed by atoms with Gasteiger partial charge in [-0.3, -0.25) is 4.79 Å². The number of amides is 1. The molecule has 1 amide bonds. The molecule has 5 heteroatoms. The lowest BCUT2D eigenvalue weighted by Crippen LogP contribution is -2.31. The third kappa shape index (κ3) is 4.42. The fourth-order valence-corrected chi connectivity index (χ4v) is 2.60. The molecule has 106 valence electrons. The summed E-state index contributed by atoms with van der Waals surface area (Å²) in [6.07, 6.45) is 3.71. The molecule has 2 aromatic rings. The minimum atomic E-state index is 0.0410.